The third-order valence-electron chi connectivity index (χ3n) is 14.2. The van der Waals surface area contributed by atoms with Gasteiger partial charge >= 0.3 is 0 Å². The minimum absolute atomic E-state index is 0.511. The molecule has 0 unspecified atom stereocenters. The first-order chi connectivity index (χ1) is 35.6. The third kappa shape index (κ3) is 5.95. The number of furan rings is 2. The summed E-state index contributed by atoms with van der Waals surface area (Å²) in [5, 5.41) is 20.0. The molecule has 0 aliphatic rings. The average molecular weight is 921 g/mol. The molecule has 0 saturated heterocycles. The van der Waals surface area contributed by atoms with E-state index in [4.69, 9.17) is 23.8 Å². The summed E-state index contributed by atoms with van der Waals surface area (Å²) < 4.78 is 17.5. The number of hydrogen-bond donors (Lipinski definition) is 0. The fourth-order valence-corrected chi connectivity index (χ4v) is 11.0. The number of aromatic nitrogens is 5. The molecule has 0 saturated carbocycles. The first-order valence-electron chi connectivity index (χ1n) is 23.9. The van der Waals surface area contributed by atoms with Gasteiger partial charge in [-0.25, -0.2) is 15.0 Å². The molecule has 8 heteroatoms. The monoisotopic (exact) mass is 920 g/mol. The summed E-state index contributed by atoms with van der Waals surface area (Å²) in [4.78, 5) is 15.6. The second kappa shape index (κ2) is 15.5. The van der Waals surface area contributed by atoms with E-state index in [-0.39, 0.29) is 0 Å². The summed E-state index contributed by atoms with van der Waals surface area (Å²) in [5.41, 5.74) is 13.5. The molecule has 10 aromatic carbocycles. The van der Waals surface area contributed by atoms with Crippen molar-refractivity contribution >= 4 is 87.5 Å². The Morgan fingerprint density at radius 3 is 1.36 bits per heavy atom. The highest BCUT2D eigenvalue weighted by Gasteiger charge is 2.24. The highest BCUT2D eigenvalue weighted by atomic mass is 16.3. The van der Waals surface area contributed by atoms with Crippen LogP contribution in [-0.4, -0.2) is 24.1 Å². The minimum Gasteiger partial charge on any atom is -0.456 e. The number of benzene rings is 10. The van der Waals surface area contributed by atoms with Crippen LogP contribution in [0.25, 0.3) is 144 Å². The maximum atomic E-state index is 11.5. The molecule has 5 heterocycles. The molecule has 72 heavy (non-hydrogen) atoms. The van der Waals surface area contributed by atoms with Gasteiger partial charge in [0, 0.05) is 77.5 Å². The van der Waals surface area contributed by atoms with Crippen LogP contribution in [0, 0.1) is 11.3 Å². The molecule has 334 valence electrons. The van der Waals surface area contributed by atoms with Gasteiger partial charge in [0.15, 0.2) is 17.5 Å². The second-order valence-electron chi connectivity index (χ2n) is 18.2. The summed E-state index contributed by atoms with van der Waals surface area (Å²) in [6, 6.07) is 77.2. The number of hydrogen-bond acceptors (Lipinski definition) is 6. The van der Waals surface area contributed by atoms with Crippen molar-refractivity contribution in [1.29, 1.82) is 5.26 Å². The summed E-state index contributed by atoms with van der Waals surface area (Å²) in [6.45, 7) is 0. The summed E-state index contributed by atoms with van der Waals surface area (Å²) in [5.74, 6) is 1.63. The minimum atomic E-state index is 0.511. The van der Waals surface area contributed by atoms with E-state index in [2.05, 4.69) is 124 Å². The Morgan fingerprint density at radius 1 is 0.319 bits per heavy atom. The lowest BCUT2D eigenvalue weighted by atomic mass is 9.96. The van der Waals surface area contributed by atoms with E-state index in [0.29, 0.717) is 23.0 Å². The SMILES string of the molecule is N#Cc1c(-c2ccc(-c3nc(-c4ccccc4)nc(-c4ccccc4)n3)c(-n3c4ccccc4c4cc5c(cc43)oc3ccccc35)c2)cccc1-n1c2ccccc2c2cc3c(cc21)oc1ccccc13. The second-order valence-corrected chi connectivity index (χ2v) is 18.2. The summed E-state index contributed by atoms with van der Waals surface area (Å²) in [6.07, 6.45) is 0. The van der Waals surface area contributed by atoms with Crippen molar-refractivity contribution in [2.75, 3.05) is 0 Å². The molecule has 15 aromatic rings. The predicted molar refractivity (Wildman–Crippen MR) is 290 cm³/mol. The van der Waals surface area contributed by atoms with Gasteiger partial charge in [0.2, 0.25) is 0 Å². The Bertz CT molecular complexity index is 4710. The maximum Gasteiger partial charge on any atom is 0.166 e. The molecule has 0 N–H and O–H groups in total. The molecule has 0 spiro atoms. The van der Waals surface area contributed by atoms with E-state index in [1.54, 1.807) is 0 Å². The quantitative estimate of drug-likeness (QED) is 0.165. The van der Waals surface area contributed by atoms with Gasteiger partial charge in [0.1, 0.15) is 28.4 Å². The van der Waals surface area contributed by atoms with Crippen LogP contribution in [-0.2, 0) is 0 Å². The largest absolute Gasteiger partial charge is 0.456 e. The van der Waals surface area contributed by atoms with E-state index >= 15 is 0 Å². The van der Waals surface area contributed by atoms with Gasteiger partial charge in [0.05, 0.1) is 39.0 Å². The molecular formula is C64H36N6O2. The number of nitrogens with zero attached hydrogens (tertiary/aromatic N) is 6. The molecule has 0 radical (unpaired) electrons. The van der Waals surface area contributed by atoms with Crippen LogP contribution in [0.3, 0.4) is 0 Å². The van der Waals surface area contributed by atoms with Gasteiger partial charge in [-0.3, -0.25) is 0 Å². The highest BCUT2D eigenvalue weighted by Crippen LogP contribution is 2.44. The third-order valence-corrected chi connectivity index (χ3v) is 14.2. The van der Waals surface area contributed by atoms with Crippen LogP contribution in [0.15, 0.2) is 227 Å². The molecule has 0 bridgehead atoms. The number of para-hydroxylation sites is 4. The molecule has 5 aromatic heterocycles. The zero-order valence-corrected chi connectivity index (χ0v) is 38.3. The lowest BCUT2D eigenvalue weighted by molar-refractivity contribution is 0.669. The molecule has 0 fully saturated rings. The van der Waals surface area contributed by atoms with Gasteiger partial charge in [-0.2, -0.15) is 5.26 Å². The van der Waals surface area contributed by atoms with Gasteiger partial charge in [-0.15, -0.1) is 0 Å². The van der Waals surface area contributed by atoms with Crippen molar-refractivity contribution in [3.05, 3.63) is 224 Å². The molecular weight excluding hydrogens is 885 g/mol. The first kappa shape index (κ1) is 39.9. The molecule has 8 nitrogen and oxygen atoms in total. The average Bonchev–Trinajstić information content (AvgIpc) is 4.19. The van der Waals surface area contributed by atoms with Crippen LogP contribution < -0.4 is 0 Å². The highest BCUT2D eigenvalue weighted by molar-refractivity contribution is 6.19. The van der Waals surface area contributed by atoms with Crippen molar-refractivity contribution in [2.45, 2.75) is 0 Å². The van der Waals surface area contributed by atoms with Crippen LogP contribution in [0.4, 0.5) is 0 Å². The van der Waals surface area contributed by atoms with Crippen LogP contribution in [0.2, 0.25) is 0 Å². The summed E-state index contributed by atoms with van der Waals surface area (Å²) in [7, 11) is 0. The van der Waals surface area contributed by atoms with Crippen molar-refractivity contribution in [1.82, 2.24) is 24.1 Å². The van der Waals surface area contributed by atoms with Gasteiger partial charge in [0.25, 0.3) is 0 Å². The van der Waals surface area contributed by atoms with Crippen molar-refractivity contribution in [3.63, 3.8) is 0 Å². The van der Waals surface area contributed by atoms with Crippen LogP contribution >= 0.6 is 0 Å². The standard InChI is InChI=1S/C64H36N6O2/c65-37-51-41(24-15-27-54(51)69-52-25-11-7-20-42(52)47-33-49-44-22-9-13-28-58(44)71-60(49)35-56(47)69)40-30-31-46(64-67-62(38-16-3-1-4-17-38)66-63(68-64)39-18-5-2-6-19-39)55(32-40)70-53-26-12-8-21-43(53)48-34-50-45-23-10-14-29-59(45)72-61(50)36-57(48)70/h1-36H. The lowest BCUT2D eigenvalue weighted by Gasteiger charge is -2.18. The zero-order valence-electron chi connectivity index (χ0n) is 38.3. The van der Waals surface area contributed by atoms with Crippen molar-refractivity contribution < 1.29 is 8.83 Å². The predicted octanol–water partition coefficient (Wildman–Crippen LogP) is 16.4. The Balaban J connectivity index is 1.01. The van der Waals surface area contributed by atoms with Gasteiger partial charge in [-0.1, -0.05) is 152 Å². The Morgan fingerprint density at radius 2 is 0.806 bits per heavy atom. The van der Waals surface area contributed by atoms with E-state index in [1.165, 1.54) is 0 Å². The Labute approximate surface area is 410 Å². The van der Waals surface area contributed by atoms with Crippen LogP contribution in [0.1, 0.15) is 5.56 Å². The van der Waals surface area contributed by atoms with E-state index < -0.39 is 0 Å². The Hall–Kier alpha value is -10.1. The normalized spacial score (nSPS) is 11.9. The van der Waals surface area contributed by atoms with E-state index in [9.17, 15) is 5.26 Å². The molecule has 0 atom stereocenters. The number of fused-ring (bicyclic) bond motifs is 12. The topological polar surface area (TPSA) is 98.6 Å². The van der Waals surface area contributed by atoms with Gasteiger partial charge in [-0.05, 0) is 60.2 Å². The smallest absolute Gasteiger partial charge is 0.166 e. The first-order valence-corrected chi connectivity index (χ1v) is 23.9. The van der Waals surface area contributed by atoms with Crippen molar-refractivity contribution in [3.8, 4) is 62.7 Å². The fourth-order valence-electron chi connectivity index (χ4n) is 11.0. The maximum absolute atomic E-state index is 11.5. The molecule has 0 aliphatic heterocycles. The molecule has 0 aliphatic carbocycles. The number of nitriles is 1. The van der Waals surface area contributed by atoms with E-state index in [1.807, 2.05) is 109 Å². The lowest BCUT2D eigenvalue weighted by Crippen LogP contribution is -2.04. The van der Waals surface area contributed by atoms with Crippen LogP contribution in [0.5, 0.6) is 0 Å². The van der Waals surface area contributed by atoms with Crippen molar-refractivity contribution in [2.24, 2.45) is 0 Å². The zero-order chi connectivity index (χ0) is 47.4. The summed E-state index contributed by atoms with van der Waals surface area (Å²) >= 11 is 0. The van der Waals surface area contributed by atoms with E-state index in [0.717, 1.165) is 127 Å². The molecule has 15 rings (SSSR count). The molecule has 0 amide bonds. The fraction of sp³-hybridized carbons (Fsp3) is 0. The number of rotatable bonds is 6. The van der Waals surface area contributed by atoms with Gasteiger partial charge < -0.3 is 18.0 Å². The Kier molecular flexibility index (Phi) is 8.55.